The predicted octanol–water partition coefficient (Wildman–Crippen LogP) is 17.6. The van der Waals surface area contributed by atoms with Gasteiger partial charge in [-0.3, -0.25) is 0 Å². The van der Waals surface area contributed by atoms with Crippen molar-refractivity contribution in [2.45, 2.75) is 296 Å². The van der Waals surface area contributed by atoms with Crippen LogP contribution in [0.1, 0.15) is 302 Å². The largest absolute Gasteiger partial charge is 0.257 e. The molecule has 1 rings (SSSR count). The first-order valence-electron chi connectivity index (χ1n) is 24.3. The molecule has 0 aliphatic carbocycles. The van der Waals surface area contributed by atoms with Gasteiger partial charge >= 0.3 is 0 Å². The van der Waals surface area contributed by atoms with Gasteiger partial charge in [0, 0.05) is 0 Å². The van der Waals surface area contributed by atoms with Crippen LogP contribution in [0.25, 0.3) is 0 Å². The fraction of sp³-hybridized carbons (Fsp3) is 0.939. The summed E-state index contributed by atoms with van der Waals surface area (Å²) in [6.07, 6.45) is 62.1. The highest BCUT2D eigenvalue weighted by Crippen LogP contribution is 2.28. The number of nitrogens with one attached hydrogen (secondary N) is 1. The molecule has 0 saturated carbocycles. The number of aromatic amines is 1. The molecule has 2 atom stereocenters. The van der Waals surface area contributed by atoms with E-state index in [1.807, 2.05) is 0 Å². The van der Waals surface area contributed by atoms with E-state index in [0.29, 0.717) is 12.0 Å². The van der Waals surface area contributed by atoms with Crippen LogP contribution in [-0.2, 0) is 0 Å². The summed E-state index contributed by atoms with van der Waals surface area (Å²) in [7, 11) is 0. The van der Waals surface area contributed by atoms with Gasteiger partial charge in [-0.15, -0.1) is 0 Å². The molecule has 0 fully saturated rings. The Morgan fingerprint density at radius 3 is 0.922 bits per heavy atom. The second-order valence-electron chi connectivity index (χ2n) is 17.2. The topological polar surface area (TPSA) is 19.7 Å². The van der Waals surface area contributed by atoms with E-state index >= 15 is 0 Å². The lowest BCUT2D eigenvalue weighted by atomic mass is 9.92. The standard InChI is InChI=1S/C49H96N2/c1-5-8-11-14-17-20-23-25-27-29-32-35-38-41-44-48(43-40-37-34-31-28-26-24-21-18-15-12-9-6-2)49-50-45-46-51(49)47(4)42-39-36-33-30-22-19-16-13-10-7-3/h45-48H,5-44H2,1-4H3/p+1. The van der Waals surface area contributed by atoms with E-state index in [9.17, 15) is 0 Å². The minimum Gasteiger partial charge on any atom is -0.247 e. The zero-order chi connectivity index (χ0) is 36.7. The van der Waals surface area contributed by atoms with Crippen LogP contribution in [0.4, 0.5) is 0 Å². The van der Waals surface area contributed by atoms with Gasteiger partial charge < -0.3 is 0 Å². The molecular weight excluding hydrogens is 617 g/mol. The summed E-state index contributed by atoms with van der Waals surface area (Å²) < 4.78 is 2.66. The molecule has 2 heteroatoms. The molecule has 302 valence electrons. The Bertz CT molecular complexity index is 783. The lowest BCUT2D eigenvalue weighted by Gasteiger charge is -2.17. The third kappa shape index (κ3) is 30.3. The Labute approximate surface area is 323 Å². The van der Waals surface area contributed by atoms with Gasteiger partial charge in [0.2, 0.25) is 0 Å². The lowest BCUT2D eigenvalue weighted by molar-refractivity contribution is -0.727. The van der Waals surface area contributed by atoms with E-state index in [0.717, 1.165) is 0 Å². The first-order chi connectivity index (χ1) is 25.2. The summed E-state index contributed by atoms with van der Waals surface area (Å²) in [6.45, 7) is 9.44. The molecule has 2 nitrogen and oxygen atoms in total. The number of hydrogen-bond acceptors (Lipinski definition) is 0. The van der Waals surface area contributed by atoms with Gasteiger partial charge in [0.25, 0.3) is 5.82 Å². The minimum absolute atomic E-state index is 0.616. The number of rotatable bonds is 42. The minimum atomic E-state index is 0.616. The van der Waals surface area contributed by atoms with Crippen LogP contribution < -0.4 is 4.57 Å². The maximum Gasteiger partial charge on any atom is 0.257 e. The fourth-order valence-corrected chi connectivity index (χ4v) is 8.55. The molecule has 0 aliphatic heterocycles. The van der Waals surface area contributed by atoms with E-state index < -0.39 is 0 Å². The van der Waals surface area contributed by atoms with Gasteiger partial charge in [-0.05, 0) is 32.6 Å². The first-order valence-corrected chi connectivity index (χ1v) is 24.3. The zero-order valence-corrected chi connectivity index (χ0v) is 36.0. The maximum absolute atomic E-state index is 3.79. The van der Waals surface area contributed by atoms with Crippen molar-refractivity contribution >= 4 is 0 Å². The summed E-state index contributed by atoms with van der Waals surface area (Å²) in [5, 5.41) is 0. The van der Waals surface area contributed by atoms with Crippen LogP contribution in [0.2, 0.25) is 0 Å². The molecule has 0 saturated heterocycles. The Balaban J connectivity index is 2.38. The van der Waals surface area contributed by atoms with Crippen molar-refractivity contribution in [3.05, 3.63) is 18.2 Å². The highest BCUT2D eigenvalue weighted by atomic mass is 15.1. The van der Waals surface area contributed by atoms with Crippen molar-refractivity contribution in [1.82, 2.24) is 4.98 Å². The molecule has 0 amide bonds. The summed E-state index contributed by atoms with van der Waals surface area (Å²) in [5.41, 5.74) is 0. The molecule has 0 aromatic carbocycles. The van der Waals surface area contributed by atoms with Crippen molar-refractivity contribution in [3.63, 3.8) is 0 Å². The second kappa shape index (κ2) is 38.9. The molecule has 1 heterocycles. The van der Waals surface area contributed by atoms with E-state index in [-0.39, 0.29) is 0 Å². The summed E-state index contributed by atoms with van der Waals surface area (Å²) in [4.78, 5) is 3.79. The van der Waals surface area contributed by atoms with Crippen molar-refractivity contribution in [3.8, 4) is 0 Å². The zero-order valence-electron chi connectivity index (χ0n) is 36.0. The highest BCUT2D eigenvalue weighted by Gasteiger charge is 2.25. The van der Waals surface area contributed by atoms with Crippen LogP contribution in [0.5, 0.6) is 0 Å². The SMILES string of the molecule is CCCCCCCCCCCCCCCCC(CCCCCCCCCCCCCCC)c1[nH]cc[n+]1C(C)CCCCCCCCCCCC. The van der Waals surface area contributed by atoms with Gasteiger partial charge in [0.15, 0.2) is 0 Å². The quantitative estimate of drug-likeness (QED) is 0.0514. The Morgan fingerprint density at radius 2 is 0.627 bits per heavy atom. The van der Waals surface area contributed by atoms with Crippen LogP contribution in [-0.4, -0.2) is 4.98 Å². The van der Waals surface area contributed by atoms with Crippen LogP contribution >= 0.6 is 0 Å². The van der Waals surface area contributed by atoms with Gasteiger partial charge in [-0.25, -0.2) is 9.55 Å². The third-order valence-electron chi connectivity index (χ3n) is 12.1. The van der Waals surface area contributed by atoms with Crippen molar-refractivity contribution in [1.29, 1.82) is 0 Å². The lowest BCUT2D eigenvalue weighted by Crippen LogP contribution is -2.41. The monoisotopic (exact) mass is 714 g/mol. The molecule has 0 radical (unpaired) electrons. The van der Waals surface area contributed by atoms with E-state index in [1.54, 1.807) is 5.82 Å². The smallest absolute Gasteiger partial charge is 0.247 e. The third-order valence-corrected chi connectivity index (χ3v) is 12.1. The van der Waals surface area contributed by atoms with E-state index in [1.165, 1.54) is 257 Å². The predicted molar refractivity (Wildman–Crippen MR) is 230 cm³/mol. The Kier molecular flexibility index (Phi) is 36.8. The molecule has 1 aromatic heterocycles. The maximum atomic E-state index is 3.79. The molecule has 1 aromatic rings. The van der Waals surface area contributed by atoms with Crippen molar-refractivity contribution in [2.24, 2.45) is 0 Å². The molecular formula is C49H97N2+. The molecule has 51 heavy (non-hydrogen) atoms. The molecule has 0 aliphatic rings. The van der Waals surface area contributed by atoms with E-state index in [2.05, 4.69) is 49.6 Å². The average molecular weight is 714 g/mol. The van der Waals surface area contributed by atoms with E-state index in [4.69, 9.17) is 0 Å². The van der Waals surface area contributed by atoms with Crippen molar-refractivity contribution < 1.29 is 4.57 Å². The normalized spacial score (nSPS) is 12.9. The van der Waals surface area contributed by atoms with Crippen molar-refractivity contribution in [2.75, 3.05) is 0 Å². The Hall–Kier alpha value is -0.790. The molecule has 0 spiro atoms. The molecule has 2 unspecified atom stereocenters. The highest BCUT2D eigenvalue weighted by molar-refractivity contribution is 4.90. The summed E-state index contributed by atoms with van der Waals surface area (Å²) in [6, 6.07) is 0.616. The van der Waals surface area contributed by atoms with Gasteiger partial charge in [0.1, 0.15) is 12.4 Å². The molecule has 1 N–H and O–H groups in total. The van der Waals surface area contributed by atoms with Gasteiger partial charge in [-0.2, -0.15) is 0 Å². The number of hydrogen-bond donors (Lipinski definition) is 1. The summed E-state index contributed by atoms with van der Waals surface area (Å²) in [5.74, 6) is 2.25. The van der Waals surface area contributed by atoms with Gasteiger partial charge in [-0.1, -0.05) is 252 Å². The fourth-order valence-electron chi connectivity index (χ4n) is 8.55. The van der Waals surface area contributed by atoms with Crippen LogP contribution in [0.3, 0.4) is 0 Å². The first kappa shape index (κ1) is 48.2. The average Bonchev–Trinajstić information content (AvgIpc) is 3.63. The number of aromatic nitrogens is 2. The second-order valence-corrected chi connectivity index (χ2v) is 17.2. The van der Waals surface area contributed by atoms with Gasteiger partial charge in [0.05, 0.1) is 12.0 Å². The number of imidazole rings is 1. The summed E-state index contributed by atoms with van der Waals surface area (Å²) >= 11 is 0. The van der Waals surface area contributed by atoms with Crippen LogP contribution in [0, 0.1) is 0 Å². The Morgan fingerprint density at radius 1 is 0.373 bits per heavy atom. The number of H-pyrrole nitrogens is 1. The number of nitrogens with zero attached hydrogens (tertiary/aromatic N) is 1. The molecule has 0 bridgehead atoms. The number of unbranched alkanes of at least 4 members (excludes halogenated alkanes) is 34. The van der Waals surface area contributed by atoms with Crippen LogP contribution in [0.15, 0.2) is 12.4 Å².